The number of aromatic nitrogens is 2. The molecule has 0 aliphatic carbocycles. The lowest BCUT2D eigenvalue weighted by molar-refractivity contribution is 0.249. The molecule has 0 radical (unpaired) electrons. The lowest BCUT2D eigenvalue weighted by Gasteiger charge is -2.16. The van der Waals surface area contributed by atoms with Crippen molar-refractivity contribution in [3.05, 3.63) is 41.2 Å². The first-order chi connectivity index (χ1) is 12.8. The minimum absolute atomic E-state index is 0.166. The van der Waals surface area contributed by atoms with Crippen molar-refractivity contribution < 1.29 is 4.79 Å². The first-order valence-electron chi connectivity index (χ1n) is 9.61. The molecule has 2 amide bonds. The van der Waals surface area contributed by atoms with Crippen LogP contribution in [0, 0.1) is 26.7 Å². The van der Waals surface area contributed by atoms with Crippen LogP contribution in [0.1, 0.15) is 44.1 Å². The van der Waals surface area contributed by atoms with Crippen LogP contribution in [-0.4, -0.2) is 27.6 Å². The molecule has 0 bridgehead atoms. The molecule has 27 heavy (non-hydrogen) atoms. The highest BCUT2D eigenvalue weighted by molar-refractivity contribution is 7.99. The van der Waals surface area contributed by atoms with E-state index < -0.39 is 0 Å². The summed E-state index contributed by atoms with van der Waals surface area (Å²) in [5, 5.41) is 11.0. The van der Waals surface area contributed by atoms with Crippen molar-refractivity contribution >= 4 is 23.5 Å². The molecule has 0 fully saturated rings. The Labute approximate surface area is 167 Å². The fourth-order valence-electron chi connectivity index (χ4n) is 2.82. The van der Waals surface area contributed by atoms with E-state index in [1.807, 2.05) is 36.4 Å². The second kappa shape index (κ2) is 9.83. The number of nitrogens with one attached hydrogen (secondary N) is 2. The first-order valence-corrected chi connectivity index (χ1v) is 10.5. The maximum atomic E-state index is 12.3. The molecule has 2 unspecified atom stereocenters. The molecule has 0 saturated carbocycles. The molecule has 148 valence electrons. The smallest absolute Gasteiger partial charge is 0.319 e. The van der Waals surface area contributed by atoms with Crippen molar-refractivity contribution in [2.24, 2.45) is 5.92 Å². The number of nitrogens with zero attached hydrogens (tertiary/aromatic N) is 2. The molecule has 5 nitrogen and oxygen atoms in total. The third kappa shape index (κ3) is 6.61. The molecule has 6 heteroatoms. The van der Waals surface area contributed by atoms with Gasteiger partial charge in [0, 0.05) is 34.6 Å². The van der Waals surface area contributed by atoms with E-state index in [2.05, 4.69) is 61.6 Å². The van der Waals surface area contributed by atoms with Crippen molar-refractivity contribution in [1.29, 1.82) is 0 Å². The number of hydrogen-bond acceptors (Lipinski definition) is 3. The summed E-state index contributed by atoms with van der Waals surface area (Å²) in [4.78, 5) is 13.5. The Balaban J connectivity index is 1.83. The average Bonchev–Trinajstić information content (AvgIpc) is 2.92. The second-order valence-electron chi connectivity index (χ2n) is 7.36. The highest BCUT2D eigenvalue weighted by Gasteiger charge is 2.11. The standard InChI is InChI=1S/C21H32N4OS/c1-7-18(6)27-19-8-9-20(15(3)10-19)23-21(26)22-12-14(2)13-25-17(5)11-16(4)24-25/h8-11,14,18H,7,12-13H2,1-6H3,(H2,22,23,26). The number of amides is 2. The number of benzene rings is 1. The number of hydrogen-bond donors (Lipinski definition) is 2. The minimum atomic E-state index is -0.166. The third-order valence-corrected chi connectivity index (χ3v) is 5.82. The Morgan fingerprint density at radius 3 is 2.56 bits per heavy atom. The van der Waals surface area contributed by atoms with Gasteiger partial charge in [-0.05, 0) is 62.9 Å². The van der Waals surface area contributed by atoms with Crippen LogP contribution in [0.3, 0.4) is 0 Å². The Hall–Kier alpha value is -1.95. The fourth-order valence-corrected chi connectivity index (χ4v) is 3.84. The zero-order valence-corrected chi connectivity index (χ0v) is 18.1. The van der Waals surface area contributed by atoms with Gasteiger partial charge in [0.1, 0.15) is 0 Å². The maximum absolute atomic E-state index is 12.3. The maximum Gasteiger partial charge on any atom is 0.319 e. The molecule has 0 saturated heterocycles. The van der Waals surface area contributed by atoms with Gasteiger partial charge in [-0.3, -0.25) is 4.68 Å². The van der Waals surface area contributed by atoms with Gasteiger partial charge in [-0.25, -0.2) is 4.79 Å². The van der Waals surface area contributed by atoms with Gasteiger partial charge in [0.05, 0.1) is 5.69 Å². The summed E-state index contributed by atoms with van der Waals surface area (Å²) in [6, 6.07) is 8.10. The number of aryl methyl sites for hydroxylation is 3. The molecule has 2 rings (SSSR count). The van der Waals surface area contributed by atoms with Crippen LogP contribution in [0.25, 0.3) is 0 Å². The quantitative estimate of drug-likeness (QED) is 0.614. The van der Waals surface area contributed by atoms with Crippen molar-refractivity contribution in [3.63, 3.8) is 0 Å². The van der Waals surface area contributed by atoms with Gasteiger partial charge in [-0.1, -0.05) is 20.8 Å². The van der Waals surface area contributed by atoms with Gasteiger partial charge in [0.25, 0.3) is 0 Å². The fraction of sp³-hybridized carbons (Fsp3) is 0.524. The predicted octanol–water partition coefficient (Wildman–Crippen LogP) is 5.16. The van der Waals surface area contributed by atoms with Gasteiger partial charge in [-0.2, -0.15) is 5.10 Å². The van der Waals surface area contributed by atoms with Crippen LogP contribution in [0.4, 0.5) is 10.5 Å². The van der Waals surface area contributed by atoms with Crippen molar-refractivity contribution in [2.75, 3.05) is 11.9 Å². The number of carbonyl (C=O) groups is 1. The van der Waals surface area contributed by atoms with Gasteiger partial charge < -0.3 is 10.6 Å². The van der Waals surface area contributed by atoms with E-state index in [4.69, 9.17) is 0 Å². The van der Waals surface area contributed by atoms with Gasteiger partial charge in [0.15, 0.2) is 0 Å². The molecule has 1 aromatic carbocycles. The van der Waals surface area contributed by atoms with Gasteiger partial charge >= 0.3 is 6.03 Å². The average molecular weight is 389 g/mol. The summed E-state index contributed by atoms with van der Waals surface area (Å²) in [6.45, 7) is 14.0. The monoisotopic (exact) mass is 388 g/mol. The molecule has 2 aromatic rings. The Morgan fingerprint density at radius 1 is 1.22 bits per heavy atom. The van der Waals surface area contributed by atoms with Crippen molar-refractivity contribution in [3.8, 4) is 0 Å². The number of rotatable bonds is 8. The molecule has 0 aliphatic rings. The lowest BCUT2D eigenvalue weighted by atomic mass is 10.2. The summed E-state index contributed by atoms with van der Waals surface area (Å²) in [6.07, 6.45) is 1.14. The Kier molecular flexibility index (Phi) is 7.78. The second-order valence-corrected chi connectivity index (χ2v) is 8.87. The predicted molar refractivity (Wildman–Crippen MR) is 115 cm³/mol. The van der Waals surface area contributed by atoms with Crippen LogP contribution in [0.2, 0.25) is 0 Å². The van der Waals surface area contributed by atoms with Crippen LogP contribution in [0.15, 0.2) is 29.2 Å². The highest BCUT2D eigenvalue weighted by atomic mass is 32.2. The summed E-state index contributed by atoms with van der Waals surface area (Å²) in [5.41, 5.74) is 4.10. The van der Waals surface area contributed by atoms with E-state index in [9.17, 15) is 4.79 Å². The van der Waals surface area contributed by atoms with Gasteiger partial charge in [-0.15, -0.1) is 11.8 Å². The zero-order chi connectivity index (χ0) is 20.0. The molecule has 1 heterocycles. The van der Waals surface area contributed by atoms with Crippen molar-refractivity contribution in [1.82, 2.24) is 15.1 Å². The molecule has 0 spiro atoms. The molecular formula is C21H32N4OS. The van der Waals surface area contributed by atoms with Gasteiger partial charge in [0.2, 0.25) is 0 Å². The number of thioether (sulfide) groups is 1. The van der Waals surface area contributed by atoms with E-state index in [1.54, 1.807) is 0 Å². The summed E-state index contributed by atoms with van der Waals surface area (Å²) < 4.78 is 2.00. The van der Waals surface area contributed by atoms with E-state index in [1.165, 1.54) is 4.90 Å². The van der Waals surface area contributed by atoms with Crippen LogP contribution in [-0.2, 0) is 6.54 Å². The number of urea groups is 1. The Morgan fingerprint density at radius 2 is 1.96 bits per heavy atom. The number of anilines is 1. The zero-order valence-electron chi connectivity index (χ0n) is 17.3. The highest BCUT2D eigenvalue weighted by Crippen LogP contribution is 2.28. The summed E-state index contributed by atoms with van der Waals surface area (Å²) in [7, 11) is 0. The molecule has 0 aliphatic heterocycles. The summed E-state index contributed by atoms with van der Waals surface area (Å²) in [5.74, 6) is 0.296. The largest absolute Gasteiger partial charge is 0.338 e. The van der Waals surface area contributed by atoms with E-state index >= 15 is 0 Å². The van der Waals surface area contributed by atoms with E-state index in [-0.39, 0.29) is 6.03 Å². The number of carbonyl (C=O) groups excluding carboxylic acids is 1. The van der Waals surface area contributed by atoms with E-state index in [0.29, 0.717) is 17.7 Å². The van der Waals surface area contributed by atoms with Crippen LogP contribution < -0.4 is 10.6 Å². The molecular weight excluding hydrogens is 356 g/mol. The van der Waals surface area contributed by atoms with Crippen LogP contribution >= 0.6 is 11.8 Å². The lowest BCUT2D eigenvalue weighted by Crippen LogP contribution is -2.33. The minimum Gasteiger partial charge on any atom is -0.338 e. The first kappa shape index (κ1) is 21.4. The molecule has 1 aromatic heterocycles. The third-order valence-electron chi connectivity index (χ3n) is 4.56. The normalized spacial score (nSPS) is 13.3. The SMILES string of the molecule is CCC(C)Sc1ccc(NC(=O)NCC(C)Cn2nc(C)cc2C)c(C)c1. The summed E-state index contributed by atoms with van der Waals surface area (Å²) >= 11 is 1.87. The molecule has 2 N–H and O–H groups in total. The Bertz CT molecular complexity index is 772. The van der Waals surface area contributed by atoms with Crippen molar-refractivity contribution in [2.45, 2.75) is 64.7 Å². The molecule has 2 atom stereocenters. The van der Waals surface area contributed by atoms with Crippen LogP contribution in [0.5, 0.6) is 0 Å². The topological polar surface area (TPSA) is 59.0 Å². The van der Waals surface area contributed by atoms with E-state index in [0.717, 1.165) is 35.6 Å².